The van der Waals surface area contributed by atoms with Crippen LogP contribution in [0.3, 0.4) is 0 Å². The zero-order valence-electron chi connectivity index (χ0n) is 16.9. The molecule has 0 aliphatic rings. The predicted molar refractivity (Wildman–Crippen MR) is 108 cm³/mol. The second-order valence-electron chi connectivity index (χ2n) is 6.82. The Balaban J connectivity index is 1.97. The smallest absolute Gasteiger partial charge is 0.283 e. The van der Waals surface area contributed by atoms with Crippen molar-refractivity contribution in [3.05, 3.63) is 55.1 Å². The van der Waals surface area contributed by atoms with Gasteiger partial charge in [0.05, 0.1) is 42.4 Å². The highest BCUT2D eigenvalue weighted by atomic mass is 16.5. The van der Waals surface area contributed by atoms with Crippen LogP contribution in [0.2, 0.25) is 0 Å². The van der Waals surface area contributed by atoms with Gasteiger partial charge < -0.3 is 14.6 Å². The van der Waals surface area contributed by atoms with E-state index in [2.05, 4.69) is 24.9 Å². The van der Waals surface area contributed by atoms with Crippen LogP contribution >= 0.6 is 0 Å². The Kier molecular flexibility index (Phi) is 6.48. The third kappa shape index (κ3) is 4.66. The Morgan fingerprint density at radius 1 is 1.07 bits per heavy atom. The maximum absolute atomic E-state index is 13.2. The van der Waals surface area contributed by atoms with Crippen molar-refractivity contribution in [2.75, 3.05) is 18.1 Å². The van der Waals surface area contributed by atoms with Gasteiger partial charge in [-0.3, -0.25) is 14.7 Å². The van der Waals surface area contributed by atoms with Crippen LogP contribution in [0.4, 0.5) is 5.69 Å². The average Bonchev–Trinajstić information content (AvgIpc) is 2.76. The number of hydrogen-bond acceptors (Lipinski definition) is 9. The summed E-state index contributed by atoms with van der Waals surface area (Å²) in [4.78, 5) is 34.8. The molecule has 3 aromatic heterocycles. The number of amides is 1. The molecule has 0 aliphatic heterocycles. The number of anilines is 1. The molecule has 156 valence electrons. The highest BCUT2D eigenvalue weighted by molar-refractivity contribution is 6.06. The number of nitrogens with zero attached hydrogens (tertiary/aromatic N) is 6. The molecular formula is C20H22N6O4. The third-order valence-corrected chi connectivity index (χ3v) is 4.09. The van der Waals surface area contributed by atoms with Crippen LogP contribution in [0.5, 0.6) is 17.5 Å². The SMILES string of the molecule is CCOc1nccnc1Oc1cncc(N(C(=O)c2cncnc2)C(C)(C)CO)c1. The van der Waals surface area contributed by atoms with Crippen molar-refractivity contribution in [1.82, 2.24) is 24.9 Å². The first kappa shape index (κ1) is 21.1. The quantitative estimate of drug-likeness (QED) is 0.595. The van der Waals surface area contributed by atoms with E-state index in [4.69, 9.17) is 9.47 Å². The monoisotopic (exact) mass is 410 g/mol. The summed E-state index contributed by atoms with van der Waals surface area (Å²) in [7, 11) is 0. The molecule has 0 saturated carbocycles. The first-order valence-corrected chi connectivity index (χ1v) is 9.23. The van der Waals surface area contributed by atoms with Gasteiger partial charge in [0.2, 0.25) is 0 Å². The molecule has 0 unspecified atom stereocenters. The molecule has 30 heavy (non-hydrogen) atoms. The van der Waals surface area contributed by atoms with E-state index in [0.29, 0.717) is 18.0 Å². The second-order valence-corrected chi connectivity index (χ2v) is 6.82. The lowest BCUT2D eigenvalue weighted by Crippen LogP contribution is -2.50. The van der Waals surface area contributed by atoms with Gasteiger partial charge in [0.15, 0.2) is 0 Å². The second kappa shape index (κ2) is 9.23. The van der Waals surface area contributed by atoms with Crippen molar-refractivity contribution in [1.29, 1.82) is 0 Å². The minimum Gasteiger partial charge on any atom is -0.474 e. The predicted octanol–water partition coefficient (Wildman–Crippen LogP) is 2.27. The highest BCUT2D eigenvalue weighted by Gasteiger charge is 2.33. The van der Waals surface area contributed by atoms with Gasteiger partial charge in [-0.05, 0) is 20.8 Å². The number of aliphatic hydroxyl groups excluding tert-OH is 1. The number of pyridine rings is 1. The van der Waals surface area contributed by atoms with Crippen molar-refractivity contribution in [2.45, 2.75) is 26.3 Å². The van der Waals surface area contributed by atoms with Gasteiger partial charge in [0.1, 0.15) is 12.1 Å². The molecule has 1 N–H and O–H groups in total. The molecule has 0 aliphatic carbocycles. The molecule has 3 heterocycles. The summed E-state index contributed by atoms with van der Waals surface area (Å²) in [6, 6.07) is 1.62. The fraction of sp³-hybridized carbons (Fsp3) is 0.300. The lowest BCUT2D eigenvalue weighted by molar-refractivity contribution is 0.0934. The molecule has 1 amide bonds. The Labute approximate surface area is 173 Å². The average molecular weight is 410 g/mol. The number of carbonyl (C=O) groups is 1. The van der Waals surface area contributed by atoms with E-state index in [9.17, 15) is 9.90 Å². The Morgan fingerprint density at radius 2 is 1.77 bits per heavy atom. The van der Waals surface area contributed by atoms with Gasteiger partial charge >= 0.3 is 0 Å². The van der Waals surface area contributed by atoms with Crippen molar-refractivity contribution < 1.29 is 19.4 Å². The molecule has 0 aromatic carbocycles. The number of aliphatic hydroxyl groups is 1. The summed E-state index contributed by atoms with van der Waals surface area (Å²) in [6.45, 7) is 5.42. The van der Waals surface area contributed by atoms with Gasteiger partial charge in [-0.2, -0.15) is 0 Å². The maximum atomic E-state index is 13.2. The Morgan fingerprint density at radius 3 is 2.43 bits per heavy atom. The van der Waals surface area contributed by atoms with E-state index in [0.717, 1.165) is 0 Å². The normalized spacial score (nSPS) is 11.1. The molecule has 0 spiro atoms. The number of aromatic nitrogens is 5. The van der Waals surface area contributed by atoms with Crippen LogP contribution in [0, 0.1) is 0 Å². The summed E-state index contributed by atoms with van der Waals surface area (Å²) >= 11 is 0. The van der Waals surface area contributed by atoms with Gasteiger partial charge in [-0.15, -0.1) is 0 Å². The maximum Gasteiger partial charge on any atom is 0.283 e. The molecule has 10 nitrogen and oxygen atoms in total. The standard InChI is InChI=1S/C20H22N6O4/c1-4-29-17-18(25-6-5-24-17)30-16-7-15(10-21-11-16)26(20(2,3)12-27)19(28)14-8-22-13-23-9-14/h5-11,13,27H,4,12H2,1-3H3. The van der Waals surface area contributed by atoms with Gasteiger partial charge in [0, 0.05) is 30.9 Å². The van der Waals surface area contributed by atoms with E-state index < -0.39 is 5.54 Å². The van der Waals surface area contributed by atoms with Crippen molar-refractivity contribution in [3.8, 4) is 17.5 Å². The van der Waals surface area contributed by atoms with Crippen LogP contribution in [0.1, 0.15) is 31.1 Å². The summed E-state index contributed by atoms with van der Waals surface area (Å²) in [6.07, 6.45) is 10.1. The zero-order chi connectivity index (χ0) is 21.6. The fourth-order valence-electron chi connectivity index (χ4n) is 2.67. The van der Waals surface area contributed by atoms with E-state index >= 15 is 0 Å². The number of rotatable bonds is 8. The van der Waals surface area contributed by atoms with E-state index in [-0.39, 0.29) is 29.8 Å². The minimum atomic E-state index is -0.934. The molecule has 3 rings (SSSR count). The van der Waals surface area contributed by atoms with Crippen molar-refractivity contribution in [2.24, 2.45) is 0 Å². The summed E-state index contributed by atoms with van der Waals surface area (Å²) in [5.41, 5.74) is -0.240. The molecule has 3 aromatic rings. The summed E-state index contributed by atoms with van der Waals surface area (Å²) in [5, 5.41) is 9.91. The lowest BCUT2D eigenvalue weighted by Gasteiger charge is -2.37. The molecule has 0 fully saturated rings. The van der Waals surface area contributed by atoms with Crippen LogP contribution in [-0.2, 0) is 0 Å². The molecule has 0 saturated heterocycles. The van der Waals surface area contributed by atoms with Gasteiger partial charge in [0.25, 0.3) is 17.7 Å². The largest absolute Gasteiger partial charge is 0.474 e. The Hall–Kier alpha value is -3.66. The topological polar surface area (TPSA) is 123 Å². The molecule has 0 radical (unpaired) electrons. The lowest BCUT2D eigenvalue weighted by atomic mass is 10.0. The summed E-state index contributed by atoms with van der Waals surface area (Å²) < 4.78 is 11.2. The zero-order valence-corrected chi connectivity index (χ0v) is 16.9. The van der Waals surface area contributed by atoms with Crippen LogP contribution in [0.25, 0.3) is 0 Å². The first-order chi connectivity index (χ1) is 14.5. The van der Waals surface area contributed by atoms with E-state index in [1.54, 1.807) is 19.9 Å². The van der Waals surface area contributed by atoms with Crippen LogP contribution in [0.15, 0.2) is 49.6 Å². The van der Waals surface area contributed by atoms with E-state index in [1.807, 2.05) is 6.92 Å². The van der Waals surface area contributed by atoms with Gasteiger partial charge in [-0.1, -0.05) is 0 Å². The fourth-order valence-corrected chi connectivity index (χ4v) is 2.67. The van der Waals surface area contributed by atoms with E-state index in [1.165, 1.54) is 48.4 Å². The van der Waals surface area contributed by atoms with Gasteiger partial charge in [-0.25, -0.2) is 19.9 Å². The molecule has 0 bridgehead atoms. The molecular weight excluding hydrogens is 388 g/mol. The Bertz CT molecular complexity index is 999. The third-order valence-electron chi connectivity index (χ3n) is 4.09. The van der Waals surface area contributed by atoms with Crippen LogP contribution < -0.4 is 14.4 Å². The first-order valence-electron chi connectivity index (χ1n) is 9.23. The van der Waals surface area contributed by atoms with Crippen LogP contribution in [-0.4, -0.2) is 54.7 Å². The number of ether oxygens (including phenoxy) is 2. The highest BCUT2D eigenvalue weighted by Crippen LogP contribution is 2.31. The number of hydrogen-bond donors (Lipinski definition) is 1. The summed E-state index contributed by atoms with van der Waals surface area (Å²) in [5.74, 6) is 0.359. The van der Waals surface area contributed by atoms with Crippen molar-refractivity contribution in [3.63, 3.8) is 0 Å². The van der Waals surface area contributed by atoms with Crippen molar-refractivity contribution >= 4 is 11.6 Å². The molecule has 10 heteroatoms. The molecule has 0 atom stereocenters. The minimum absolute atomic E-state index is 0.175. The number of carbonyl (C=O) groups excluding carboxylic acids is 1.